The fourth-order valence-corrected chi connectivity index (χ4v) is 3.44. The standard InChI is InChI=1S/C15H26N4O2S/c1-15(2,3)21-14(20)18-13-11(10-17-19(13)4)9-16-12-5-7-22-8-6-12/h10,12,16H,5-9H2,1-4H3,(H,18,20). The number of carbonyl (C=O) groups is 1. The molecule has 124 valence electrons. The quantitative estimate of drug-likeness (QED) is 0.890. The van der Waals surface area contributed by atoms with Crippen molar-refractivity contribution in [3.8, 4) is 0 Å². The summed E-state index contributed by atoms with van der Waals surface area (Å²) < 4.78 is 6.97. The molecule has 2 rings (SSSR count). The second kappa shape index (κ2) is 7.37. The number of hydrogen-bond donors (Lipinski definition) is 2. The van der Waals surface area contributed by atoms with E-state index in [9.17, 15) is 4.79 Å². The lowest BCUT2D eigenvalue weighted by atomic mass is 10.1. The van der Waals surface area contributed by atoms with Crippen LogP contribution in [-0.2, 0) is 18.3 Å². The molecule has 0 unspecified atom stereocenters. The van der Waals surface area contributed by atoms with Crippen molar-refractivity contribution >= 4 is 23.7 Å². The van der Waals surface area contributed by atoms with Gasteiger partial charge in [0.2, 0.25) is 0 Å². The topological polar surface area (TPSA) is 68.2 Å². The normalized spacial score (nSPS) is 16.5. The van der Waals surface area contributed by atoms with E-state index >= 15 is 0 Å². The van der Waals surface area contributed by atoms with Crippen LogP contribution in [-0.4, -0.2) is 39.0 Å². The SMILES string of the molecule is Cn1ncc(CNC2CCSCC2)c1NC(=O)OC(C)(C)C. The summed E-state index contributed by atoms with van der Waals surface area (Å²) in [5.74, 6) is 3.12. The monoisotopic (exact) mass is 326 g/mol. The summed E-state index contributed by atoms with van der Waals surface area (Å²) in [4.78, 5) is 11.9. The van der Waals surface area contributed by atoms with E-state index in [-0.39, 0.29) is 0 Å². The van der Waals surface area contributed by atoms with Gasteiger partial charge in [-0.25, -0.2) is 4.79 Å². The molecule has 0 bridgehead atoms. The Morgan fingerprint density at radius 2 is 2.14 bits per heavy atom. The van der Waals surface area contributed by atoms with Gasteiger partial charge >= 0.3 is 6.09 Å². The first kappa shape index (κ1) is 17.1. The second-order valence-electron chi connectivity index (χ2n) is 6.54. The summed E-state index contributed by atoms with van der Waals surface area (Å²) in [6.07, 6.45) is 3.72. The van der Waals surface area contributed by atoms with E-state index in [2.05, 4.69) is 15.7 Å². The highest BCUT2D eigenvalue weighted by molar-refractivity contribution is 7.99. The first-order chi connectivity index (χ1) is 10.3. The van der Waals surface area contributed by atoms with Crippen molar-refractivity contribution in [1.82, 2.24) is 15.1 Å². The number of aromatic nitrogens is 2. The Morgan fingerprint density at radius 1 is 1.45 bits per heavy atom. The van der Waals surface area contributed by atoms with Crippen molar-refractivity contribution in [3.05, 3.63) is 11.8 Å². The summed E-state index contributed by atoms with van der Waals surface area (Å²) in [5, 5.41) is 10.6. The summed E-state index contributed by atoms with van der Waals surface area (Å²) in [5.41, 5.74) is 0.465. The maximum absolute atomic E-state index is 11.9. The van der Waals surface area contributed by atoms with Crippen molar-refractivity contribution < 1.29 is 9.53 Å². The van der Waals surface area contributed by atoms with Gasteiger partial charge in [-0.15, -0.1) is 0 Å². The van der Waals surface area contributed by atoms with Crippen LogP contribution < -0.4 is 10.6 Å². The van der Waals surface area contributed by atoms with E-state index in [0.717, 1.165) is 5.56 Å². The van der Waals surface area contributed by atoms with Crippen LogP contribution in [0, 0.1) is 0 Å². The van der Waals surface area contributed by atoms with E-state index in [1.807, 2.05) is 39.6 Å². The largest absolute Gasteiger partial charge is 0.444 e. The number of thioether (sulfide) groups is 1. The van der Waals surface area contributed by atoms with Gasteiger partial charge in [0.15, 0.2) is 0 Å². The van der Waals surface area contributed by atoms with Crippen LogP contribution in [0.5, 0.6) is 0 Å². The van der Waals surface area contributed by atoms with E-state index in [0.29, 0.717) is 18.4 Å². The lowest BCUT2D eigenvalue weighted by Crippen LogP contribution is -2.32. The predicted octanol–water partition coefficient (Wildman–Crippen LogP) is 2.75. The average molecular weight is 326 g/mol. The summed E-state index contributed by atoms with van der Waals surface area (Å²) in [7, 11) is 1.81. The molecule has 0 aliphatic carbocycles. The molecular weight excluding hydrogens is 300 g/mol. The maximum Gasteiger partial charge on any atom is 0.413 e. The lowest BCUT2D eigenvalue weighted by Gasteiger charge is -2.23. The molecule has 0 atom stereocenters. The van der Waals surface area contributed by atoms with Crippen molar-refractivity contribution in [3.63, 3.8) is 0 Å². The number of aryl methyl sites for hydroxylation is 1. The molecule has 1 amide bonds. The molecule has 1 aromatic heterocycles. The fourth-order valence-electron chi connectivity index (χ4n) is 2.33. The van der Waals surface area contributed by atoms with Gasteiger partial charge in [-0.05, 0) is 45.1 Å². The molecule has 22 heavy (non-hydrogen) atoms. The van der Waals surface area contributed by atoms with Crippen LogP contribution >= 0.6 is 11.8 Å². The Balaban J connectivity index is 1.93. The number of nitrogens with one attached hydrogen (secondary N) is 2. The number of ether oxygens (including phenoxy) is 1. The van der Waals surface area contributed by atoms with Gasteiger partial charge in [0.25, 0.3) is 0 Å². The Bertz CT molecular complexity index is 504. The summed E-state index contributed by atoms with van der Waals surface area (Å²) >= 11 is 2.01. The molecule has 1 aliphatic rings. The van der Waals surface area contributed by atoms with Crippen molar-refractivity contribution in [2.45, 2.75) is 51.8 Å². The molecule has 1 saturated heterocycles. The van der Waals surface area contributed by atoms with Crippen molar-refractivity contribution in [2.24, 2.45) is 7.05 Å². The molecule has 2 heterocycles. The van der Waals surface area contributed by atoms with Crippen LogP contribution in [0.2, 0.25) is 0 Å². The molecular formula is C15H26N4O2S. The third kappa shape index (κ3) is 5.21. The molecule has 0 saturated carbocycles. The zero-order chi connectivity index (χ0) is 16.2. The number of hydrogen-bond acceptors (Lipinski definition) is 5. The minimum atomic E-state index is -0.513. The van der Waals surface area contributed by atoms with E-state index in [1.165, 1.54) is 24.3 Å². The lowest BCUT2D eigenvalue weighted by molar-refractivity contribution is 0.0634. The summed E-state index contributed by atoms with van der Waals surface area (Å²) in [6, 6.07) is 0.552. The van der Waals surface area contributed by atoms with Gasteiger partial charge in [-0.3, -0.25) is 10.00 Å². The number of rotatable bonds is 4. The maximum atomic E-state index is 11.9. The Hall–Kier alpha value is -1.21. The average Bonchev–Trinajstić information content (AvgIpc) is 2.77. The first-order valence-corrected chi connectivity index (χ1v) is 8.82. The predicted molar refractivity (Wildman–Crippen MR) is 90.3 cm³/mol. The third-order valence-corrected chi connectivity index (χ3v) is 4.49. The highest BCUT2D eigenvalue weighted by Gasteiger charge is 2.20. The van der Waals surface area contributed by atoms with Gasteiger partial charge in [0, 0.05) is 25.2 Å². The van der Waals surface area contributed by atoms with E-state index < -0.39 is 11.7 Å². The Labute approximate surface area is 136 Å². The Kier molecular flexibility index (Phi) is 5.74. The minimum absolute atomic E-state index is 0.452. The number of amides is 1. The number of carbonyl (C=O) groups excluding carboxylic acids is 1. The minimum Gasteiger partial charge on any atom is -0.444 e. The fraction of sp³-hybridized carbons (Fsp3) is 0.733. The van der Waals surface area contributed by atoms with Crippen LogP contribution in [0.15, 0.2) is 6.20 Å². The Morgan fingerprint density at radius 3 is 2.77 bits per heavy atom. The van der Waals surface area contributed by atoms with Crippen LogP contribution in [0.1, 0.15) is 39.2 Å². The smallest absolute Gasteiger partial charge is 0.413 e. The van der Waals surface area contributed by atoms with Crippen molar-refractivity contribution in [1.29, 1.82) is 0 Å². The van der Waals surface area contributed by atoms with Gasteiger partial charge in [-0.1, -0.05) is 0 Å². The molecule has 0 spiro atoms. The molecule has 6 nitrogen and oxygen atoms in total. The van der Waals surface area contributed by atoms with Gasteiger partial charge in [0.1, 0.15) is 11.4 Å². The molecule has 0 aromatic carbocycles. The zero-order valence-electron chi connectivity index (χ0n) is 13.8. The number of anilines is 1. The van der Waals surface area contributed by atoms with E-state index in [4.69, 9.17) is 4.74 Å². The molecule has 0 radical (unpaired) electrons. The second-order valence-corrected chi connectivity index (χ2v) is 7.76. The van der Waals surface area contributed by atoms with Crippen LogP contribution in [0.25, 0.3) is 0 Å². The molecule has 2 N–H and O–H groups in total. The zero-order valence-corrected chi connectivity index (χ0v) is 14.6. The third-order valence-electron chi connectivity index (χ3n) is 3.44. The van der Waals surface area contributed by atoms with Crippen LogP contribution in [0.3, 0.4) is 0 Å². The van der Waals surface area contributed by atoms with Gasteiger partial charge in [0.05, 0.1) is 6.20 Å². The first-order valence-electron chi connectivity index (χ1n) is 7.67. The molecule has 1 aromatic rings. The van der Waals surface area contributed by atoms with Crippen LogP contribution in [0.4, 0.5) is 10.6 Å². The van der Waals surface area contributed by atoms with Crippen molar-refractivity contribution in [2.75, 3.05) is 16.8 Å². The highest BCUT2D eigenvalue weighted by atomic mass is 32.2. The molecule has 7 heteroatoms. The molecule has 1 aliphatic heterocycles. The number of nitrogens with zero attached hydrogens (tertiary/aromatic N) is 2. The highest BCUT2D eigenvalue weighted by Crippen LogP contribution is 2.19. The van der Waals surface area contributed by atoms with E-state index in [1.54, 1.807) is 10.9 Å². The van der Waals surface area contributed by atoms with Gasteiger partial charge < -0.3 is 10.1 Å². The summed E-state index contributed by atoms with van der Waals surface area (Å²) in [6.45, 7) is 6.24. The molecule has 1 fully saturated rings. The van der Waals surface area contributed by atoms with Gasteiger partial charge in [-0.2, -0.15) is 16.9 Å².